The minimum absolute atomic E-state index is 0.127. The van der Waals surface area contributed by atoms with Gasteiger partial charge in [0.15, 0.2) is 5.71 Å². The van der Waals surface area contributed by atoms with E-state index in [1.807, 2.05) is 42.5 Å². The summed E-state index contributed by atoms with van der Waals surface area (Å²) in [6.45, 7) is 1.90. The molecule has 0 aliphatic rings. The Hall–Kier alpha value is -3.68. The number of oxime groups is 3. The summed E-state index contributed by atoms with van der Waals surface area (Å²) in [5.41, 5.74) is 3.44. The minimum atomic E-state index is -0.363. The fraction of sp³-hybridized carbons (Fsp3) is 0.238. The molecule has 0 radical (unpaired) electrons. The van der Waals surface area contributed by atoms with Crippen molar-refractivity contribution >= 4 is 23.0 Å². The van der Waals surface area contributed by atoms with Gasteiger partial charge in [0.25, 0.3) is 5.91 Å². The molecule has 0 fully saturated rings. The van der Waals surface area contributed by atoms with Crippen molar-refractivity contribution in [2.24, 2.45) is 15.5 Å². The van der Waals surface area contributed by atoms with E-state index in [0.29, 0.717) is 17.0 Å². The van der Waals surface area contributed by atoms with Gasteiger partial charge < -0.3 is 19.8 Å². The van der Waals surface area contributed by atoms with Crippen LogP contribution in [-0.2, 0) is 25.9 Å². The molecular formula is C21H24N4O4. The summed E-state index contributed by atoms with van der Waals surface area (Å²) in [5.74, 6) is -0.363. The SMILES string of the molecule is CNC(=O)/C(=N\OC)c1ccccc1CO/N=C(C)/C(=N/OC)c1ccccc1. The third-order valence-corrected chi connectivity index (χ3v) is 3.89. The van der Waals surface area contributed by atoms with E-state index < -0.39 is 0 Å². The standard InChI is InChI=1S/C21H24N4O4/c1-15(19(24-27-3)16-10-6-5-7-11-16)23-29-14-17-12-8-9-13-18(17)20(25-28-4)21(26)22-2/h5-13H,14H2,1-4H3,(H,22,26)/b23-15+,24-19-,25-20-. The zero-order valence-electron chi connectivity index (χ0n) is 16.9. The van der Waals surface area contributed by atoms with Gasteiger partial charge in [0.1, 0.15) is 32.2 Å². The number of hydrogen-bond donors (Lipinski definition) is 1. The van der Waals surface area contributed by atoms with Crippen molar-refractivity contribution in [1.82, 2.24) is 5.32 Å². The van der Waals surface area contributed by atoms with Crippen molar-refractivity contribution in [2.45, 2.75) is 13.5 Å². The average Bonchev–Trinajstić information content (AvgIpc) is 2.76. The molecule has 0 spiro atoms. The molecule has 0 unspecified atom stereocenters. The number of carbonyl (C=O) groups is 1. The van der Waals surface area contributed by atoms with E-state index >= 15 is 0 Å². The highest BCUT2D eigenvalue weighted by molar-refractivity contribution is 6.47. The number of nitrogens with one attached hydrogen (secondary N) is 1. The van der Waals surface area contributed by atoms with E-state index in [-0.39, 0.29) is 18.2 Å². The Morgan fingerprint density at radius 2 is 1.52 bits per heavy atom. The van der Waals surface area contributed by atoms with Crippen molar-refractivity contribution in [2.75, 3.05) is 21.3 Å². The van der Waals surface area contributed by atoms with Gasteiger partial charge in [0.05, 0.1) is 0 Å². The van der Waals surface area contributed by atoms with Crippen LogP contribution < -0.4 is 5.32 Å². The second kappa shape index (κ2) is 11.2. The molecule has 0 atom stereocenters. The predicted octanol–water partition coefficient (Wildman–Crippen LogP) is 2.73. The Morgan fingerprint density at radius 1 is 0.897 bits per heavy atom. The second-order valence-corrected chi connectivity index (χ2v) is 5.80. The fourth-order valence-electron chi connectivity index (χ4n) is 2.56. The van der Waals surface area contributed by atoms with E-state index in [9.17, 15) is 4.79 Å². The second-order valence-electron chi connectivity index (χ2n) is 5.80. The average molecular weight is 396 g/mol. The quantitative estimate of drug-likeness (QED) is 0.521. The first-order valence-electron chi connectivity index (χ1n) is 8.87. The molecule has 1 amide bonds. The highest BCUT2D eigenvalue weighted by Gasteiger charge is 2.17. The Labute approximate surface area is 169 Å². The van der Waals surface area contributed by atoms with E-state index in [1.54, 1.807) is 19.1 Å². The molecule has 1 N–H and O–H groups in total. The van der Waals surface area contributed by atoms with Gasteiger partial charge in [-0.1, -0.05) is 70.1 Å². The van der Waals surface area contributed by atoms with Crippen molar-refractivity contribution in [1.29, 1.82) is 0 Å². The molecule has 2 rings (SSSR count). The van der Waals surface area contributed by atoms with Crippen LogP contribution in [-0.4, -0.2) is 44.3 Å². The number of amides is 1. The molecule has 8 heteroatoms. The predicted molar refractivity (Wildman–Crippen MR) is 112 cm³/mol. The van der Waals surface area contributed by atoms with Gasteiger partial charge in [0, 0.05) is 23.7 Å². The number of benzene rings is 2. The van der Waals surface area contributed by atoms with Crippen LogP contribution >= 0.6 is 0 Å². The monoisotopic (exact) mass is 396 g/mol. The number of nitrogens with zero attached hydrogens (tertiary/aromatic N) is 3. The minimum Gasteiger partial charge on any atom is -0.399 e. The smallest absolute Gasteiger partial charge is 0.273 e. The first kappa shape index (κ1) is 21.6. The first-order chi connectivity index (χ1) is 14.1. The van der Waals surface area contributed by atoms with Crippen LogP contribution in [0.5, 0.6) is 0 Å². The molecule has 2 aromatic carbocycles. The van der Waals surface area contributed by atoms with Crippen LogP contribution in [0.15, 0.2) is 70.1 Å². The van der Waals surface area contributed by atoms with Gasteiger partial charge in [0.2, 0.25) is 0 Å². The lowest BCUT2D eigenvalue weighted by molar-refractivity contribution is -0.114. The van der Waals surface area contributed by atoms with Gasteiger partial charge in [-0.25, -0.2) is 0 Å². The molecule has 29 heavy (non-hydrogen) atoms. The van der Waals surface area contributed by atoms with E-state index in [0.717, 1.165) is 11.1 Å². The van der Waals surface area contributed by atoms with E-state index in [4.69, 9.17) is 14.5 Å². The van der Waals surface area contributed by atoms with Gasteiger partial charge in [-0.15, -0.1) is 0 Å². The Morgan fingerprint density at radius 3 is 2.17 bits per heavy atom. The van der Waals surface area contributed by atoms with Crippen molar-refractivity contribution < 1.29 is 19.3 Å². The zero-order valence-corrected chi connectivity index (χ0v) is 16.9. The highest BCUT2D eigenvalue weighted by atomic mass is 16.6. The van der Waals surface area contributed by atoms with Crippen LogP contribution in [0.1, 0.15) is 23.6 Å². The summed E-state index contributed by atoms with van der Waals surface area (Å²) in [6.07, 6.45) is 0. The molecule has 0 saturated heterocycles. The molecular weight excluding hydrogens is 372 g/mol. The van der Waals surface area contributed by atoms with Gasteiger partial charge in [-0.3, -0.25) is 4.79 Å². The molecule has 0 aliphatic carbocycles. The van der Waals surface area contributed by atoms with Crippen LogP contribution in [0, 0.1) is 0 Å². The number of carbonyl (C=O) groups excluding carboxylic acids is 1. The lowest BCUT2D eigenvalue weighted by Crippen LogP contribution is -2.29. The topological polar surface area (TPSA) is 93.9 Å². The van der Waals surface area contributed by atoms with Gasteiger partial charge in [-0.2, -0.15) is 0 Å². The molecule has 8 nitrogen and oxygen atoms in total. The van der Waals surface area contributed by atoms with Crippen LogP contribution in [0.3, 0.4) is 0 Å². The molecule has 0 heterocycles. The molecule has 2 aromatic rings. The van der Waals surface area contributed by atoms with Crippen molar-refractivity contribution in [3.8, 4) is 0 Å². The van der Waals surface area contributed by atoms with E-state index in [2.05, 4.69) is 20.8 Å². The summed E-state index contributed by atoms with van der Waals surface area (Å²) in [4.78, 5) is 27.4. The fourth-order valence-corrected chi connectivity index (χ4v) is 2.56. The lowest BCUT2D eigenvalue weighted by atomic mass is 10.0. The largest absolute Gasteiger partial charge is 0.399 e. The number of rotatable bonds is 9. The Bertz CT molecular complexity index is 908. The summed E-state index contributed by atoms with van der Waals surface area (Å²) in [7, 11) is 4.39. The van der Waals surface area contributed by atoms with Gasteiger partial charge >= 0.3 is 0 Å². The highest BCUT2D eigenvalue weighted by Crippen LogP contribution is 2.13. The number of likely N-dealkylation sites (N-methyl/N-ethyl adjacent to an activating group) is 1. The summed E-state index contributed by atoms with van der Waals surface area (Å²) in [5, 5.41) is 14.6. The third-order valence-electron chi connectivity index (χ3n) is 3.89. The number of hydrogen-bond acceptors (Lipinski definition) is 7. The maximum absolute atomic E-state index is 12.1. The Balaban J connectivity index is 2.23. The van der Waals surface area contributed by atoms with Crippen molar-refractivity contribution in [3.05, 3.63) is 71.3 Å². The molecule has 0 aliphatic heterocycles. The zero-order chi connectivity index (χ0) is 21.1. The summed E-state index contributed by atoms with van der Waals surface area (Å²) in [6, 6.07) is 16.8. The summed E-state index contributed by atoms with van der Waals surface area (Å²) < 4.78 is 0. The maximum Gasteiger partial charge on any atom is 0.273 e. The molecule has 0 bridgehead atoms. The van der Waals surface area contributed by atoms with Crippen LogP contribution in [0.25, 0.3) is 0 Å². The first-order valence-corrected chi connectivity index (χ1v) is 8.87. The molecule has 152 valence electrons. The van der Waals surface area contributed by atoms with Crippen LogP contribution in [0.4, 0.5) is 0 Å². The molecule has 0 aromatic heterocycles. The Kier molecular flexibility index (Phi) is 8.37. The molecule has 0 saturated carbocycles. The van der Waals surface area contributed by atoms with Gasteiger partial charge in [-0.05, 0) is 6.92 Å². The van der Waals surface area contributed by atoms with E-state index in [1.165, 1.54) is 21.3 Å². The van der Waals surface area contributed by atoms with Crippen molar-refractivity contribution in [3.63, 3.8) is 0 Å². The third kappa shape index (κ3) is 5.90. The normalized spacial score (nSPS) is 12.3. The summed E-state index contributed by atoms with van der Waals surface area (Å²) >= 11 is 0. The van der Waals surface area contributed by atoms with Crippen LogP contribution in [0.2, 0.25) is 0 Å². The lowest BCUT2D eigenvalue weighted by Gasteiger charge is -2.10. The maximum atomic E-state index is 12.1.